The summed E-state index contributed by atoms with van der Waals surface area (Å²) in [6.07, 6.45) is 9.18. The van der Waals surface area contributed by atoms with Crippen molar-refractivity contribution >= 4 is 24.8 Å². The summed E-state index contributed by atoms with van der Waals surface area (Å²) in [6, 6.07) is 37.3. The average molecular weight is 684 g/mol. The molecule has 236 valence electrons. The predicted octanol–water partition coefficient (Wildman–Crippen LogP) is 12.6. The van der Waals surface area contributed by atoms with Gasteiger partial charge in [-0.25, -0.2) is 6.08 Å². The first-order valence-corrected chi connectivity index (χ1v) is 18.2. The Balaban J connectivity index is 0.000000167. The first-order chi connectivity index (χ1) is 21.9. The Labute approximate surface area is 294 Å². The molecule has 0 N–H and O–H groups in total. The molecule has 1 aliphatic rings. The molecule has 0 amide bonds. The van der Waals surface area contributed by atoms with Crippen molar-refractivity contribution in [3.8, 4) is 0 Å². The first kappa shape index (κ1) is 35.8. The van der Waals surface area contributed by atoms with E-state index in [0.717, 1.165) is 0 Å². The molecule has 1 aliphatic carbocycles. The fourth-order valence-corrected chi connectivity index (χ4v) is 6.94. The molecule has 46 heavy (non-hydrogen) atoms. The monoisotopic (exact) mass is 682 g/mol. The summed E-state index contributed by atoms with van der Waals surface area (Å²) in [5, 5.41) is 5.48. The van der Waals surface area contributed by atoms with Gasteiger partial charge in [-0.05, 0) is 10.8 Å². The fourth-order valence-electron chi connectivity index (χ4n) is 6.12. The van der Waals surface area contributed by atoms with Gasteiger partial charge in [-0.1, -0.05) is 123 Å². The third kappa shape index (κ3) is 8.86. The van der Waals surface area contributed by atoms with Crippen LogP contribution in [-0.2, 0) is 35.1 Å². The third-order valence-electron chi connectivity index (χ3n) is 9.02. The van der Waals surface area contributed by atoms with E-state index < -0.39 is 0 Å². The molecule has 0 saturated carbocycles. The van der Waals surface area contributed by atoms with Crippen LogP contribution in [0.25, 0.3) is 21.5 Å². The second-order valence-electron chi connectivity index (χ2n) is 14.4. The molecule has 0 radical (unpaired) electrons. The predicted molar refractivity (Wildman–Crippen MR) is 200 cm³/mol. The van der Waals surface area contributed by atoms with Crippen molar-refractivity contribution in [3.63, 3.8) is 0 Å². The molecule has 6 rings (SSSR count). The zero-order valence-corrected chi connectivity index (χ0v) is 32.0. The summed E-state index contributed by atoms with van der Waals surface area (Å²) in [5.74, 6) is 0.634. The summed E-state index contributed by atoms with van der Waals surface area (Å²) in [5.41, 5.74) is 9.02. The van der Waals surface area contributed by atoms with Crippen LogP contribution in [0, 0.1) is 12.0 Å². The van der Waals surface area contributed by atoms with E-state index in [4.69, 9.17) is 0 Å². The fraction of sp³-hybridized carbons (Fsp3) is 0.333. The minimum atomic E-state index is 0.203. The van der Waals surface area contributed by atoms with E-state index in [1.807, 2.05) is 0 Å². The molecular formula is C45H52Zr. The van der Waals surface area contributed by atoms with E-state index in [-0.39, 0.29) is 10.8 Å². The molecule has 0 bridgehead atoms. The molecule has 0 spiro atoms. The van der Waals surface area contributed by atoms with Gasteiger partial charge in [-0.3, -0.25) is 6.08 Å². The zero-order valence-electron chi connectivity index (χ0n) is 29.6. The molecule has 0 heterocycles. The van der Waals surface area contributed by atoms with Crippen molar-refractivity contribution in [2.24, 2.45) is 5.92 Å². The van der Waals surface area contributed by atoms with Crippen molar-refractivity contribution in [2.45, 2.75) is 92.4 Å². The van der Waals surface area contributed by atoms with Gasteiger partial charge in [0.15, 0.2) is 0 Å². The van der Waals surface area contributed by atoms with Gasteiger partial charge in [0, 0.05) is 0 Å². The van der Waals surface area contributed by atoms with Crippen LogP contribution in [0.5, 0.6) is 0 Å². The van der Waals surface area contributed by atoms with Crippen molar-refractivity contribution in [1.82, 2.24) is 0 Å². The van der Waals surface area contributed by atoms with Gasteiger partial charge >= 0.3 is 99.2 Å². The van der Waals surface area contributed by atoms with Crippen LogP contribution in [0.1, 0.15) is 104 Å². The molecule has 1 heteroatoms. The van der Waals surface area contributed by atoms with Crippen LogP contribution in [0.2, 0.25) is 0 Å². The van der Waals surface area contributed by atoms with Gasteiger partial charge < -0.3 is 0 Å². The quantitative estimate of drug-likeness (QED) is 0.162. The summed E-state index contributed by atoms with van der Waals surface area (Å²) in [7, 11) is 0. The SMILES string of the molecule is CC(C)(C)c1ccc2c(c1)[cH-]c1cc(C(C)(C)C)ccc12.CCC1=C(CC)C(CC)[C-]=C1.[Zr+2]=[C](c1ccccc1)c1ccccc1. The first-order valence-electron chi connectivity index (χ1n) is 17.0. The van der Waals surface area contributed by atoms with Crippen molar-refractivity contribution in [2.75, 3.05) is 0 Å². The third-order valence-corrected chi connectivity index (χ3v) is 10.4. The number of allylic oxidation sites excluding steroid dienone is 4. The van der Waals surface area contributed by atoms with E-state index >= 15 is 0 Å². The molecule has 5 aromatic carbocycles. The Bertz CT molecular complexity index is 1690. The van der Waals surface area contributed by atoms with Crippen LogP contribution in [-0.4, -0.2) is 3.21 Å². The van der Waals surface area contributed by atoms with Crippen LogP contribution in [0.15, 0.2) is 120 Å². The van der Waals surface area contributed by atoms with Gasteiger partial charge in [0.05, 0.1) is 0 Å². The standard InChI is InChI=1S/C21H25.C13H10.C11H17.Zr/c1-20(2,3)16-7-9-18-14(12-16)11-15-13-17(21(4,5)6)8-10-19(15)18;1-3-7-12(8-4-1)11-13-9-5-2-6-10-13;1-4-9-7-8-10(5-2)11(9)6-3;/h7-13H,1-6H3;1-10H;7,10H,4-6H2,1-3H3;/q-1;;-1;+2. The summed E-state index contributed by atoms with van der Waals surface area (Å²) < 4.78 is 1.42. The Hall–Kier alpha value is -3.02. The molecule has 1 unspecified atom stereocenters. The molecule has 0 aromatic heterocycles. The second-order valence-corrected chi connectivity index (χ2v) is 15.6. The van der Waals surface area contributed by atoms with Gasteiger partial charge in [-0.2, -0.15) is 11.1 Å². The van der Waals surface area contributed by atoms with Crippen LogP contribution < -0.4 is 0 Å². The Kier molecular flexibility index (Phi) is 12.2. The van der Waals surface area contributed by atoms with Gasteiger partial charge in [0.1, 0.15) is 0 Å². The Morgan fingerprint density at radius 1 is 0.652 bits per heavy atom. The van der Waals surface area contributed by atoms with Gasteiger partial charge in [0.2, 0.25) is 0 Å². The molecule has 0 fully saturated rings. The topological polar surface area (TPSA) is 0 Å². The van der Waals surface area contributed by atoms with E-state index in [0.29, 0.717) is 5.92 Å². The summed E-state index contributed by atoms with van der Waals surface area (Å²) in [6.45, 7) is 20.3. The van der Waals surface area contributed by atoms with Crippen LogP contribution >= 0.6 is 0 Å². The molecule has 0 aliphatic heterocycles. The van der Waals surface area contributed by atoms with E-state index in [2.05, 4.69) is 178 Å². The van der Waals surface area contributed by atoms with Crippen molar-refractivity contribution < 1.29 is 24.2 Å². The molecule has 0 nitrogen and oxygen atoms in total. The second kappa shape index (κ2) is 15.7. The van der Waals surface area contributed by atoms with Crippen molar-refractivity contribution in [1.29, 1.82) is 0 Å². The minimum absolute atomic E-state index is 0.203. The zero-order chi connectivity index (χ0) is 33.5. The summed E-state index contributed by atoms with van der Waals surface area (Å²) >= 11 is 1.46. The van der Waals surface area contributed by atoms with E-state index in [1.54, 1.807) is 5.57 Å². The summed E-state index contributed by atoms with van der Waals surface area (Å²) in [4.78, 5) is 0. The van der Waals surface area contributed by atoms with E-state index in [1.165, 1.54) is 96.1 Å². The Morgan fingerprint density at radius 3 is 1.48 bits per heavy atom. The molecule has 1 atom stereocenters. The van der Waals surface area contributed by atoms with Crippen LogP contribution in [0.3, 0.4) is 0 Å². The molecular weight excluding hydrogens is 632 g/mol. The van der Waals surface area contributed by atoms with Gasteiger partial charge in [0.25, 0.3) is 0 Å². The Morgan fingerprint density at radius 2 is 1.11 bits per heavy atom. The number of hydrogen-bond donors (Lipinski definition) is 0. The van der Waals surface area contributed by atoms with Gasteiger partial charge in [-0.15, -0.1) is 39.7 Å². The maximum atomic E-state index is 3.41. The van der Waals surface area contributed by atoms with Crippen LogP contribution in [0.4, 0.5) is 0 Å². The normalized spacial score (nSPS) is 14.6. The van der Waals surface area contributed by atoms with Crippen molar-refractivity contribution in [3.05, 3.63) is 149 Å². The number of benzene rings is 4. The number of hydrogen-bond acceptors (Lipinski definition) is 0. The average Bonchev–Trinajstić information content (AvgIpc) is 3.64. The number of rotatable bonds is 5. The molecule has 0 saturated heterocycles. The number of fused-ring (bicyclic) bond motifs is 3. The maximum absolute atomic E-state index is 3.41. The molecule has 5 aromatic rings. The van der Waals surface area contributed by atoms with E-state index in [9.17, 15) is 0 Å².